The van der Waals surface area contributed by atoms with Crippen LogP contribution in [0, 0.1) is 5.82 Å². The molecule has 1 aromatic carbocycles. The van der Waals surface area contributed by atoms with Crippen molar-refractivity contribution in [2.45, 2.75) is 24.7 Å². The summed E-state index contributed by atoms with van der Waals surface area (Å²) < 4.78 is 24.2. The fourth-order valence-corrected chi connectivity index (χ4v) is 2.69. The number of aliphatic hydroxyl groups excluding tert-OH is 3. The number of nitrogens with zero attached hydrogens (tertiary/aromatic N) is 1. The van der Waals surface area contributed by atoms with Gasteiger partial charge in [-0.2, -0.15) is 0 Å². The monoisotopic (exact) mass is 299 g/mol. The molecule has 3 atom stereocenters. The van der Waals surface area contributed by atoms with Gasteiger partial charge in [-0.25, -0.2) is 4.39 Å². The maximum absolute atomic E-state index is 13.9. The Morgan fingerprint density at radius 2 is 1.71 bits per heavy atom. The standard InChI is InChI=1S/C14H18FNO5/c15-9-4-13-12(20-7-21-13)3-8(9)1-2-16-5-10(17)14(19)11(18)6-16/h3-4,10-11,14,17-19H,1-2,5-7H2/t10-,11+,14+. The van der Waals surface area contributed by atoms with Crippen LogP contribution in [0.5, 0.6) is 11.5 Å². The lowest BCUT2D eigenvalue weighted by Crippen LogP contribution is -2.55. The first-order chi connectivity index (χ1) is 10.0. The number of hydrogen-bond acceptors (Lipinski definition) is 6. The third-order valence-electron chi connectivity index (χ3n) is 3.92. The van der Waals surface area contributed by atoms with E-state index in [1.165, 1.54) is 6.07 Å². The van der Waals surface area contributed by atoms with Crippen molar-refractivity contribution >= 4 is 0 Å². The van der Waals surface area contributed by atoms with Crippen molar-refractivity contribution in [3.05, 3.63) is 23.5 Å². The molecule has 2 heterocycles. The van der Waals surface area contributed by atoms with Crippen LogP contribution < -0.4 is 9.47 Å². The Labute approximate surface area is 121 Å². The number of β-amino-alcohol motifs (C(OH)–C–C–N with tert-alkyl or cyclic N) is 2. The van der Waals surface area contributed by atoms with Crippen LogP contribution in [0.15, 0.2) is 12.1 Å². The van der Waals surface area contributed by atoms with Crippen LogP contribution in [0.1, 0.15) is 5.56 Å². The van der Waals surface area contributed by atoms with E-state index in [4.69, 9.17) is 9.47 Å². The van der Waals surface area contributed by atoms with Gasteiger partial charge in [0.15, 0.2) is 11.5 Å². The van der Waals surface area contributed by atoms with Crippen molar-refractivity contribution in [2.24, 2.45) is 0 Å². The first kappa shape index (κ1) is 14.5. The first-order valence-corrected chi connectivity index (χ1v) is 6.89. The molecular weight excluding hydrogens is 281 g/mol. The molecule has 0 spiro atoms. The Morgan fingerprint density at radius 1 is 1.10 bits per heavy atom. The van der Waals surface area contributed by atoms with E-state index in [2.05, 4.69) is 0 Å². The van der Waals surface area contributed by atoms with Crippen molar-refractivity contribution in [1.29, 1.82) is 0 Å². The minimum atomic E-state index is -1.12. The number of ether oxygens (including phenoxy) is 2. The van der Waals surface area contributed by atoms with Crippen LogP contribution >= 0.6 is 0 Å². The molecule has 1 fully saturated rings. The zero-order chi connectivity index (χ0) is 15.0. The van der Waals surface area contributed by atoms with Gasteiger partial charge < -0.3 is 24.8 Å². The molecule has 1 aromatic rings. The third kappa shape index (κ3) is 2.96. The normalized spacial score (nSPS) is 28.9. The SMILES string of the molecule is O[C@H]1[C@H](O)CN(CCc2cc3c(cc2F)OCO3)C[C@@H]1O. The Kier molecular flexibility index (Phi) is 3.99. The molecule has 3 rings (SSSR count). The number of hydrogen-bond donors (Lipinski definition) is 3. The molecule has 6 nitrogen and oxygen atoms in total. The quantitative estimate of drug-likeness (QED) is 0.698. The molecule has 0 aliphatic carbocycles. The zero-order valence-corrected chi connectivity index (χ0v) is 11.4. The molecule has 3 N–H and O–H groups in total. The predicted octanol–water partition coefficient (Wildman–Crippen LogP) is -0.505. The molecule has 0 amide bonds. The highest BCUT2D eigenvalue weighted by Gasteiger charge is 2.33. The van der Waals surface area contributed by atoms with E-state index in [0.29, 0.717) is 30.0 Å². The van der Waals surface area contributed by atoms with Crippen LogP contribution in [0.2, 0.25) is 0 Å². The van der Waals surface area contributed by atoms with Crippen molar-refractivity contribution in [2.75, 3.05) is 26.4 Å². The van der Waals surface area contributed by atoms with Crippen LogP contribution in [0.4, 0.5) is 4.39 Å². The lowest BCUT2D eigenvalue weighted by molar-refractivity contribution is -0.109. The second-order valence-electron chi connectivity index (χ2n) is 5.43. The van der Waals surface area contributed by atoms with Gasteiger partial charge in [-0.05, 0) is 18.1 Å². The van der Waals surface area contributed by atoms with Crippen molar-refractivity contribution in [3.63, 3.8) is 0 Å². The number of fused-ring (bicyclic) bond motifs is 1. The van der Waals surface area contributed by atoms with E-state index in [1.807, 2.05) is 0 Å². The molecule has 116 valence electrons. The number of piperidine rings is 1. The molecule has 2 aliphatic rings. The van der Waals surface area contributed by atoms with Gasteiger partial charge in [-0.1, -0.05) is 0 Å². The summed E-state index contributed by atoms with van der Waals surface area (Å²) in [4.78, 5) is 1.80. The number of aliphatic hydroxyl groups is 3. The Bertz CT molecular complexity index is 514. The van der Waals surface area contributed by atoms with Crippen molar-refractivity contribution in [1.82, 2.24) is 4.90 Å². The van der Waals surface area contributed by atoms with E-state index in [-0.39, 0.29) is 25.7 Å². The number of benzene rings is 1. The topological polar surface area (TPSA) is 82.4 Å². The average Bonchev–Trinajstić information content (AvgIpc) is 2.89. The Hall–Kier alpha value is -1.41. The van der Waals surface area contributed by atoms with Gasteiger partial charge in [0.05, 0.1) is 12.2 Å². The predicted molar refractivity (Wildman–Crippen MR) is 70.7 cm³/mol. The summed E-state index contributed by atoms with van der Waals surface area (Å²) in [5.41, 5.74) is 0.495. The lowest BCUT2D eigenvalue weighted by Gasteiger charge is -2.36. The molecule has 1 saturated heterocycles. The summed E-state index contributed by atoms with van der Waals surface area (Å²) in [5.74, 6) is 0.570. The van der Waals surface area contributed by atoms with Crippen molar-refractivity contribution < 1.29 is 29.2 Å². The highest BCUT2D eigenvalue weighted by molar-refractivity contribution is 5.45. The van der Waals surface area contributed by atoms with E-state index in [0.717, 1.165) is 0 Å². The molecule has 2 aliphatic heterocycles. The van der Waals surface area contributed by atoms with Gasteiger partial charge in [-0.15, -0.1) is 0 Å². The number of likely N-dealkylation sites (tertiary alicyclic amines) is 1. The third-order valence-corrected chi connectivity index (χ3v) is 3.92. The van der Waals surface area contributed by atoms with Crippen LogP contribution in [0.3, 0.4) is 0 Å². The van der Waals surface area contributed by atoms with Crippen LogP contribution in [0.25, 0.3) is 0 Å². The molecule has 0 saturated carbocycles. The molecule has 0 bridgehead atoms. The van der Waals surface area contributed by atoms with E-state index < -0.39 is 18.3 Å². The molecule has 0 aromatic heterocycles. The smallest absolute Gasteiger partial charge is 0.231 e. The summed E-state index contributed by atoms with van der Waals surface area (Å²) in [5, 5.41) is 28.8. The Balaban J connectivity index is 1.63. The Morgan fingerprint density at radius 3 is 2.38 bits per heavy atom. The van der Waals surface area contributed by atoms with Gasteiger partial charge in [0.1, 0.15) is 11.9 Å². The summed E-state index contributed by atoms with van der Waals surface area (Å²) in [6.07, 6.45) is -2.69. The summed E-state index contributed by atoms with van der Waals surface area (Å²) in [6.45, 7) is 1.08. The fraction of sp³-hybridized carbons (Fsp3) is 0.571. The van der Waals surface area contributed by atoms with E-state index >= 15 is 0 Å². The maximum atomic E-state index is 13.9. The minimum Gasteiger partial charge on any atom is -0.454 e. The van der Waals surface area contributed by atoms with E-state index in [9.17, 15) is 19.7 Å². The minimum absolute atomic E-state index is 0.0978. The summed E-state index contributed by atoms with van der Waals surface area (Å²) in [6, 6.07) is 2.92. The highest BCUT2D eigenvalue weighted by Crippen LogP contribution is 2.34. The van der Waals surface area contributed by atoms with Gasteiger partial charge in [-0.3, -0.25) is 4.90 Å². The van der Waals surface area contributed by atoms with Gasteiger partial charge in [0.25, 0.3) is 0 Å². The van der Waals surface area contributed by atoms with E-state index in [1.54, 1.807) is 11.0 Å². The second-order valence-corrected chi connectivity index (χ2v) is 5.43. The van der Waals surface area contributed by atoms with Gasteiger partial charge >= 0.3 is 0 Å². The van der Waals surface area contributed by atoms with Gasteiger partial charge in [0, 0.05) is 25.7 Å². The highest BCUT2D eigenvalue weighted by atomic mass is 19.1. The molecule has 21 heavy (non-hydrogen) atoms. The van der Waals surface area contributed by atoms with Gasteiger partial charge in [0.2, 0.25) is 6.79 Å². The van der Waals surface area contributed by atoms with Crippen molar-refractivity contribution in [3.8, 4) is 11.5 Å². The molecular formula is C14H18FNO5. The summed E-state index contributed by atoms with van der Waals surface area (Å²) in [7, 11) is 0. The second kappa shape index (κ2) is 5.76. The van der Waals surface area contributed by atoms with Crippen LogP contribution in [-0.4, -0.2) is 65.0 Å². The molecule has 7 heteroatoms. The molecule has 0 unspecified atom stereocenters. The average molecular weight is 299 g/mol. The molecule has 0 radical (unpaired) electrons. The maximum Gasteiger partial charge on any atom is 0.231 e. The summed E-state index contributed by atoms with van der Waals surface area (Å²) >= 11 is 0. The zero-order valence-electron chi connectivity index (χ0n) is 11.4. The lowest BCUT2D eigenvalue weighted by atomic mass is 10.0. The fourth-order valence-electron chi connectivity index (χ4n) is 2.69. The number of rotatable bonds is 3. The number of halogens is 1. The largest absolute Gasteiger partial charge is 0.454 e. The first-order valence-electron chi connectivity index (χ1n) is 6.89. The van der Waals surface area contributed by atoms with Crippen LogP contribution in [-0.2, 0) is 6.42 Å².